The van der Waals surface area contributed by atoms with Crippen molar-refractivity contribution in [2.45, 2.75) is 19.4 Å². The van der Waals surface area contributed by atoms with E-state index in [1.165, 1.54) is 12.1 Å². The summed E-state index contributed by atoms with van der Waals surface area (Å²) < 4.78 is 13.2. The van der Waals surface area contributed by atoms with Gasteiger partial charge in [-0.25, -0.2) is 4.39 Å². The van der Waals surface area contributed by atoms with Crippen LogP contribution >= 0.6 is 0 Å². The number of piperidine rings is 1. The first-order valence-corrected chi connectivity index (χ1v) is 6.60. The fourth-order valence-electron chi connectivity index (χ4n) is 2.61. The molecule has 0 aliphatic carbocycles. The number of nitrogens with zero attached hydrogens (tertiary/aromatic N) is 1. The first-order chi connectivity index (χ1) is 9.15. The molecule has 0 radical (unpaired) electrons. The molecule has 1 fully saturated rings. The molecule has 4 nitrogen and oxygen atoms in total. The summed E-state index contributed by atoms with van der Waals surface area (Å²) in [6.45, 7) is 1.93. The summed E-state index contributed by atoms with van der Waals surface area (Å²) in [5.41, 5.74) is 7.47. The van der Waals surface area contributed by atoms with Crippen LogP contribution in [-0.4, -0.2) is 26.0 Å². The number of rotatable bonds is 3. The molecule has 0 spiro atoms. The predicted octanol–water partition coefficient (Wildman–Crippen LogP) is 1.25. The van der Waals surface area contributed by atoms with Crippen molar-refractivity contribution >= 4 is 11.6 Å². The second kappa shape index (κ2) is 6.02. The first kappa shape index (κ1) is 13.8. The number of nitrogens with two attached hydrogens (primary N) is 1. The lowest BCUT2D eigenvalue weighted by atomic mass is 9.95. The van der Waals surface area contributed by atoms with Crippen LogP contribution in [0.4, 0.5) is 10.1 Å². The van der Waals surface area contributed by atoms with Gasteiger partial charge in [-0.15, -0.1) is 0 Å². The lowest BCUT2D eigenvalue weighted by Gasteiger charge is -2.34. The Kier molecular flexibility index (Phi) is 4.37. The summed E-state index contributed by atoms with van der Waals surface area (Å²) in [5, 5.41) is 2.69. The monoisotopic (exact) mass is 265 g/mol. The highest BCUT2D eigenvalue weighted by atomic mass is 19.1. The smallest absolute Gasteiger partial charge is 0.222 e. The van der Waals surface area contributed by atoms with Gasteiger partial charge in [0.05, 0.1) is 0 Å². The van der Waals surface area contributed by atoms with Crippen LogP contribution in [0.1, 0.15) is 18.4 Å². The fraction of sp³-hybridized carbons (Fsp3) is 0.500. The minimum atomic E-state index is -0.260. The lowest BCUT2D eigenvalue weighted by molar-refractivity contribution is -0.125. The zero-order valence-corrected chi connectivity index (χ0v) is 11.2. The molecular weight excluding hydrogens is 245 g/mol. The van der Waals surface area contributed by atoms with E-state index in [0.29, 0.717) is 6.54 Å². The highest BCUT2D eigenvalue weighted by Crippen LogP contribution is 2.27. The quantitative estimate of drug-likeness (QED) is 0.864. The van der Waals surface area contributed by atoms with Gasteiger partial charge in [0.25, 0.3) is 0 Å². The van der Waals surface area contributed by atoms with E-state index in [1.54, 1.807) is 13.1 Å². The Labute approximate surface area is 112 Å². The Morgan fingerprint density at radius 1 is 1.47 bits per heavy atom. The number of carbonyl (C=O) groups excluding carboxylic acids is 1. The second-order valence-electron chi connectivity index (χ2n) is 4.85. The number of hydrogen-bond acceptors (Lipinski definition) is 3. The summed E-state index contributed by atoms with van der Waals surface area (Å²) in [6, 6.07) is 4.72. The number of amides is 1. The Balaban J connectivity index is 2.07. The van der Waals surface area contributed by atoms with Gasteiger partial charge in [0.1, 0.15) is 5.82 Å². The molecule has 3 N–H and O–H groups in total. The lowest BCUT2D eigenvalue weighted by Crippen LogP contribution is -2.40. The summed E-state index contributed by atoms with van der Waals surface area (Å²) in [6.07, 6.45) is 1.64. The minimum Gasteiger partial charge on any atom is -0.371 e. The third kappa shape index (κ3) is 3.04. The second-order valence-corrected chi connectivity index (χ2v) is 4.85. The molecule has 1 saturated heterocycles. The highest BCUT2D eigenvalue weighted by Gasteiger charge is 2.25. The third-order valence-electron chi connectivity index (χ3n) is 3.71. The first-order valence-electron chi connectivity index (χ1n) is 6.60. The van der Waals surface area contributed by atoms with Crippen LogP contribution < -0.4 is 16.0 Å². The van der Waals surface area contributed by atoms with Gasteiger partial charge in [0.15, 0.2) is 0 Å². The number of halogens is 1. The molecule has 0 bridgehead atoms. The average molecular weight is 265 g/mol. The SMILES string of the molecule is CNC(=O)C1CCN(c2ccc(F)cc2CN)CC1. The van der Waals surface area contributed by atoms with E-state index >= 15 is 0 Å². The molecule has 19 heavy (non-hydrogen) atoms. The summed E-state index contributed by atoms with van der Waals surface area (Å²) in [5.74, 6) is -0.0646. The van der Waals surface area contributed by atoms with Crippen molar-refractivity contribution in [3.8, 4) is 0 Å². The summed E-state index contributed by atoms with van der Waals surface area (Å²) >= 11 is 0. The van der Waals surface area contributed by atoms with E-state index in [1.807, 2.05) is 0 Å². The third-order valence-corrected chi connectivity index (χ3v) is 3.71. The molecule has 1 aromatic rings. The predicted molar refractivity (Wildman–Crippen MR) is 73.3 cm³/mol. The van der Waals surface area contributed by atoms with Gasteiger partial charge in [-0.2, -0.15) is 0 Å². The normalized spacial score (nSPS) is 16.5. The highest BCUT2D eigenvalue weighted by molar-refractivity contribution is 5.78. The molecule has 1 heterocycles. The van der Waals surface area contributed by atoms with Crippen LogP contribution in [0.3, 0.4) is 0 Å². The Morgan fingerprint density at radius 2 is 2.16 bits per heavy atom. The van der Waals surface area contributed by atoms with Crippen molar-refractivity contribution in [2.24, 2.45) is 11.7 Å². The molecule has 5 heteroatoms. The van der Waals surface area contributed by atoms with Crippen LogP contribution in [0, 0.1) is 11.7 Å². The van der Waals surface area contributed by atoms with Crippen LogP contribution in [-0.2, 0) is 11.3 Å². The topological polar surface area (TPSA) is 58.4 Å². The number of carbonyl (C=O) groups is 1. The van der Waals surface area contributed by atoms with Gasteiger partial charge < -0.3 is 16.0 Å². The molecule has 0 unspecified atom stereocenters. The molecule has 104 valence electrons. The van der Waals surface area contributed by atoms with Crippen LogP contribution in [0.5, 0.6) is 0 Å². The summed E-state index contributed by atoms with van der Waals surface area (Å²) in [7, 11) is 1.67. The van der Waals surface area contributed by atoms with E-state index in [2.05, 4.69) is 10.2 Å². The van der Waals surface area contributed by atoms with Gasteiger partial charge in [-0.1, -0.05) is 0 Å². The van der Waals surface area contributed by atoms with E-state index in [0.717, 1.165) is 37.2 Å². The Bertz CT molecular complexity index is 456. The average Bonchev–Trinajstić information content (AvgIpc) is 2.46. The molecular formula is C14H20FN3O. The van der Waals surface area contributed by atoms with Gasteiger partial charge in [-0.3, -0.25) is 4.79 Å². The molecule has 1 aromatic carbocycles. The number of hydrogen-bond donors (Lipinski definition) is 2. The van der Waals surface area contributed by atoms with Gasteiger partial charge in [0.2, 0.25) is 5.91 Å². The summed E-state index contributed by atoms with van der Waals surface area (Å²) in [4.78, 5) is 13.8. The van der Waals surface area contributed by atoms with Crippen molar-refractivity contribution in [3.05, 3.63) is 29.6 Å². The zero-order chi connectivity index (χ0) is 13.8. The van der Waals surface area contributed by atoms with Gasteiger partial charge >= 0.3 is 0 Å². The number of benzene rings is 1. The Morgan fingerprint density at radius 3 is 2.74 bits per heavy atom. The molecule has 0 atom stereocenters. The van der Waals surface area contributed by atoms with Crippen molar-refractivity contribution in [1.29, 1.82) is 0 Å². The maximum Gasteiger partial charge on any atom is 0.222 e. The fourth-order valence-corrected chi connectivity index (χ4v) is 2.61. The maximum atomic E-state index is 13.2. The Hall–Kier alpha value is -1.62. The van der Waals surface area contributed by atoms with E-state index < -0.39 is 0 Å². The molecule has 2 rings (SSSR count). The molecule has 1 amide bonds. The maximum absolute atomic E-state index is 13.2. The van der Waals surface area contributed by atoms with E-state index in [4.69, 9.17) is 5.73 Å². The van der Waals surface area contributed by atoms with Crippen LogP contribution in [0.2, 0.25) is 0 Å². The van der Waals surface area contributed by atoms with Crippen molar-refractivity contribution < 1.29 is 9.18 Å². The van der Waals surface area contributed by atoms with Crippen LogP contribution in [0.25, 0.3) is 0 Å². The number of anilines is 1. The van der Waals surface area contributed by atoms with Crippen LogP contribution in [0.15, 0.2) is 18.2 Å². The van der Waals surface area contributed by atoms with Crippen molar-refractivity contribution in [2.75, 3.05) is 25.0 Å². The standard InChI is InChI=1S/C14H20FN3O/c1-17-14(19)10-4-6-18(7-5-10)13-3-2-12(15)8-11(13)9-16/h2-3,8,10H,4-7,9,16H2,1H3,(H,17,19). The van der Waals surface area contributed by atoms with Gasteiger partial charge in [0, 0.05) is 38.3 Å². The largest absolute Gasteiger partial charge is 0.371 e. The van der Waals surface area contributed by atoms with E-state index in [9.17, 15) is 9.18 Å². The van der Waals surface area contributed by atoms with Crippen molar-refractivity contribution in [3.63, 3.8) is 0 Å². The zero-order valence-electron chi connectivity index (χ0n) is 11.2. The van der Waals surface area contributed by atoms with E-state index in [-0.39, 0.29) is 17.6 Å². The molecule has 1 aliphatic heterocycles. The molecule has 1 aliphatic rings. The molecule has 0 aromatic heterocycles. The molecule has 0 saturated carbocycles. The number of nitrogens with one attached hydrogen (secondary N) is 1. The minimum absolute atomic E-state index is 0.0861. The van der Waals surface area contributed by atoms with Gasteiger partial charge in [-0.05, 0) is 36.6 Å². The van der Waals surface area contributed by atoms with Crippen molar-refractivity contribution in [1.82, 2.24) is 5.32 Å².